The Morgan fingerprint density at radius 3 is 1.50 bits per heavy atom. The maximum atomic E-state index is 5.12. The average Bonchev–Trinajstić information content (AvgIpc) is 3.80. The van der Waals surface area contributed by atoms with E-state index in [0.29, 0.717) is 5.82 Å². The van der Waals surface area contributed by atoms with E-state index in [-0.39, 0.29) is 0 Å². The highest BCUT2D eigenvalue weighted by Gasteiger charge is 2.21. The molecule has 0 amide bonds. The van der Waals surface area contributed by atoms with E-state index < -0.39 is 0 Å². The normalized spacial score (nSPS) is 11.6. The van der Waals surface area contributed by atoms with Gasteiger partial charge >= 0.3 is 0 Å². The van der Waals surface area contributed by atoms with Crippen molar-refractivity contribution in [1.29, 1.82) is 0 Å². The Labute approximate surface area is 324 Å². The second-order valence-electron chi connectivity index (χ2n) is 14.2. The lowest BCUT2D eigenvalue weighted by Crippen LogP contribution is -1.98. The largest absolute Gasteiger partial charge is 0.309 e. The summed E-state index contributed by atoms with van der Waals surface area (Å²) in [5.74, 6) is 0.693. The van der Waals surface area contributed by atoms with Gasteiger partial charge < -0.3 is 9.13 Å². The van der Waals surface area contributed by atoms with Gasteiger partial charge in [-0.1, -0.05) is 146 Å². The third-order valence-electron chi connectivity index (χ3n) is 10.9. The third kappa shape index (κ3) is 5.23. The summed E-state index contributed by atoms with van der Waals surface area (Å²) in [6.07, 6.45) is 0. The van der Waals surface area contributed by atoms with Crippen molar-refractivity contribution in [2.24, 2.45) is 0 Å². The van der Waals surface area contributed by atoms with E-state index in [1.54, 1.807) is 0 Å². The fourth-order valence-corrected chi connectivity index (χ4v) is 8.34. The van der Waals surface area contributed by atoms with Crippen LogP contribution in [-0.4, -0.2) is 19.1 Å². The van der Waals surface area contributed by atoms with Crippen molar-refractivity contribution in [3.05, 3.63) is 206 Å². The lowest BCUT2D eigenvalue weighted by molar-refractivity contribution is 1.16. The van der Waals surface area contributed by atoms with E-state index in [0.717, 1.165) is 45.0 Å². The first-order valence-corrected chi connectivity index (χ1v) is 19.0. The fourth-order valence-electron chi connectivity index (χ4n) is 8.34. The molecule has 0 unspecified atom stereocenters. The molecule has 8 aromatic carbocycles. The van der Waals surface area contributed by atoms with Crippen molar-refractivity contribution in [3.8, 4) is 56.4 Å². The molecule has 56 heavy (non-hydrogen) atoms. The third-order valence-corrected chi connectivity index (χ3v) is 10.9. The molecule has 11 rings (SSSR count). The molecule has 262 valence electrons. The van der Waals surface area contributed by atoms with Gasteiger partial charge in [-0.2, -0.15) is 0 Å². The number of hydrogen-bond acceptors (Lipinski definition) is 2. The molecule has 0 N–H and O–H groups in total. The van der Waals surface area contributed by atoms with Crippen LogP contribution in [0.5, 0.6) is 0 Å². The molecule has 3 heterocycles. The molecule has 0 aliphatic rings. The predicted octanol–water partition coefficient (Wildman–Crippen LogP) is 13.3. The van der Waals surface area contributed by atoms with Crippen molar-refractivity contribution in [2.75, 3.05) is 0 Å². The van der Waals surface area contributed by atoms with Crippen LogP contribution in [0.4, 0.5) is 0 Å². The van der Waals surface area contributed by atoms with Crippen LogP contribution >= 0.6 is 0 Å². The van der Waals surface area contributed by atoms with Crippen LogP contribution in [0.2, 0.25) is 0 Å². The Morgan fingerprint density at radius 1 is 0.304 bits per heavy atom. The zero-order valence-corrected chi connectivity index (χ0v) is 30.4. The number of aromatic nitrogens is 4. The first-order valence-electron chi connectivity index (χ1n) is 19.0. The van der Waals surface area contributed by atoms with Crippen LogP contribution in [0, 0.1) is 0 Å². The van der Waals surface area contributed by atoms with E-state index in [1.807, 2.05) is 12.1 Å². The minimum Gasteiger partial charge on any atom is -0.309 e. The lowest BCUT2D eigenvalue weighted by atomic mass is 10.0. The molecule has 0 saturated heterocycles. The maximum absolute atomic E-state index is 5.12. The molecule has 4 heteroatoms. The van der Waals surface area contributed by atoms with Crippen LogP contribution in [0.3, 0.4) is 0 Å². The summed E-state index contributed by atoms with van der Waals surface area (Å²) < 4.78 is 4.85. The second-order valence-corrected chi connectivity index (χ2v) is 14.2. The monoisotopic (exact) mass is 714 g/mol. The molecular weight excluding hydrogens is 681 g/mol. The highest BCUT2D eigenvalue weighted by molar-refractivity contribution is 6.26. The molecule has 0 spiro atoms. The summed E-state index contributed by atoms with van der Waals surface area (Å²) in [5, 5.41) is 4.89. The van der Waals surface area contributed by atoms with E-state index >= 15 is 0 Å². The summed E-state index contributed by atoms with van der Waals surface area (Å²) in [7, 11) is 0. The summed E-state index contributed by atoms with van der Waals surface area (Å²) >= 11 is 0. The Bertz CT molecular complexity index is 3140. The van der Waals surface area contributed by atoms with Crippen molar-refractivity contribution in [3.63, 3.8) is 0 Å². The van der Waals surface area contributed by atoms with E-state index in [1.165, 1.54) is 49.2 Å². The smallest absolute Gasteiger partial charge is 0.160 e. The van der Waals surface area contributed by atoms with Gasteiger partial charge in [-0.05, 0) is 71.8 Å². The summed E-state index contributed by atoms with van der Waals surface area (Å²) in [6.45, 7) is 0. The highest BCUT2D eigenvalue weighted by Crippen LogP contribution is 2.43. The Kier molecular flexibility index (Phi) is 7.46. The van der Waals surface area contributed by atoms with E-state index in [4.69, 9.17) is 9.97 Å². The quantitative estimate of drug-likeness (QED) is 0.172. The van der Waals surface area contributed by atoms with Crippen LogP contribution < -0.4 is 0 Å². The van der Waals surface area contributed by atoms with Gasteiger partial charge in [0.05, 0.1) is 33.5 Å². The van der Waals surface area contributed by atoms with Gasteiger partial charge in [-0.25, -0.2) is 9.97 Å². The van der Waals surface area contributed by atoms with E-state index in [9.17, 15) is 0 Å². The van der Waals surface area contributed by atoms with Crippen molar-refractivity contribution in [2.45, 2.75) is 0 Å². The minimum atomic E-state index is 0.693. The highest BCUT2D eigenvalue weighted by atomic mass is 15.0. The van der Waals surface area contributed by atoms with E-state index in [2.05, 4.69) is 203 Å². The molecular formula is C52H34N4. The number of para-hydroxylation sites is 2. The predicted molar refractivity (Wildman–Crippen MR) is 232 cm³/mol. The molecule has 0 aliphatic heterocycles. The fraction of sp³-hybridized carbons (Fsp3) is 0. The van der Waals surface area contributed by atoms with Gasteiger partial charge in [-0.3, -0.25) is 0 Å². The minimum absolute atomic E-state index is 0.693. The SMILES string of the molecule is c1ccc(-c2ccc3c4ccc5c(c6ccccc6n5-c5ccccc5)c4n(-c4ccc(-c5nc(-c6ccccc6)cc(-c6ccccc6)n5)cc4)c3c2)cc1. The average molecular weight is 715 g/mol. The zero-order chi connectivity index (χ0) is 37.0. The van der Waals surface area contributed by atoms with Crippen molar-refractivity contribution in [1.82, 2.24) is 19.1 Å². The van der Waals surface area contributed by atoms with Crippen LogP contribution in [0.15, 0.2) is 206 Å². The van der Waals surface area contributed by atoms with Crippen LogP contribution in [0.1, 0.15) is 0 Å². The molecule has 0 aliphatic carbocycles. The first-order chi connectivity index (χ1) is 27.8. The standard InChI is InChI=1S/C52H34N4/c1-5-15-35(16-6-1)39-27-30-42-43-31-32-48-50(44-23-13-14-24-47(44)55(48)40-21-11-4-12-22-40)51(43)56(49(42)33-39)41-28-25-38(26-29-41)52-53-45(36-17-7-2-8-18-36)34-46(54-52)37-19-9-3-10-20-37/h1-34H. The molecule has 0 atom stereocenters. The molecule has 0 radical (unpaired) electrons. The molecule has 0 fully saturated rings. The van der Waals surface area contributed by atoms with Crippen molar-refractivity contribution >= 4 is 43.6 Å². The van der Waals surface area contributed by atoms with Gasteiger partial charge in [0, 0.05) is 49.6 Å². The van der Waals surface area contributed by atoms with Crippen LogP contribution in [0.25, 0.3) is 100 Å². The molecule has 3 aromatic heterocycles. The van der Waals surface area contributed by atoms with Gasteiger partial charge in [0.2, 0.25) is 0 Å². The first kappa shape index (κ1) is 31.9. The Hall–Kier alpha value is -7.56. The summed E-state index contributed by atoms with van der Waals surface area (Å²) in [5.41, 5.74) is 14.2. The zero-order valence-electron chi connectivity index (χ0n) is 30.4. The lowest BCUT2D eigenvalue weighted by Gasteiger charge is -2.12. The number of hydrogen-bond donors (Lipinski definition) is 0. The molecule has 0 saturated carbocycles. The summed E-state index contributed by atoms with van der Waals surface area (Å²) in [6, 6.07) is 73.2. The molecule has 11 aromatic rings. The van der Waals surface area contributed by atoms with Gasteiger partial charge in [0.25, 0.3) is 0 Å². The Morgan fingerprint density at radius 2 is 0.839 bits per heavy atom. The van der Waals surface area contributed by atoms with Crippen molar-refractivity contribution < 1.29 is 0 Å². The number of fused-ring (bicyclic) bond motifs is 7. The topological polar surface area (TPSA) is 35.6 Å². The molecule has 0 bridgehead atoms. The number of rotatable bonds is 6. The van der Waals surface area contributed by atoms with Crippen LogP contribution in [-0.2, 0) is 0 Å². The molecule has 4 nitrogen and oxygen atoms in total. The van der Waals surface area contributed by atoms with Gasteiger partial charge in [0.1, 0.15) is 0 Å². The number of nitrogens with zero attached hydrogens (tertiary/aromatic N) is 4. The van der Waals surface area contributed by atoms with Gasteiger partial charge in [0.15, 0.2) is 5.82 Å². The second kappa shape index (κ2) is 13.1. The maximum Gasteiger partial charge on any atom is 0.160 e. The Balaban J connectivity index is 1.16. The number of benzene rings is 8. The summed E-state index contributed by atoms with van der Waals surface area (Å²) in [4.78, 5) is 10.2. The van der Waals surface area contributed by atoms with Gasteiger partial charge in [-0.15, -0.1) is 0 Å².